The molecule has 1 aromatic carbocycles. The number of hydrogen-bond acceptors (Lipinski definition) is 5. The zero-order chi connectivity index (χ0) is 17.7. The van der Waals surface area contributed by atoms with Gasteiger partial charge in [-0.2, -0.15) is 0 Å². The van der Waals surface area contributed by atoms with Crippen LogP contribution in [0.2, 0.25) is 0 Å². The minimum absolute atomic E-state index is 0.110. The fourth-order valence-electron chi connectivity index (χ4n) is 2.35. The van der Waals surface area contributed by atoms with Gasteiger partial charge in [0.1, 0.15) is 10.6 Å². The highest BCUT2D eigenvalue weighted by molar-refractivity contribution is 7.89. The topological polar surface area (TPSA) is 81.2 Å². The average Bonchev–Trinajstić information content (AvgIpc) is 2.67. The highest BCUT2D eigenvalue weighted by Gasteiger charge is 2.18. The van der Waals surface area contributed by atoms with Gasteiger partial charge in [-0.25, -0.2) is 13.1 Å². The highest BCUT2D eigenvalue weighted by Crippen LogP contribution is 2.23. The monoisotopic (exact) mass is 355 g/mol. The van der Waals surface area contributed by atoms with E-state index in [1.54, 1.807) is 42.9 Å². The molecule has 0 saturated heterocycles. The Morgan fingerprint density at radius 3 is 2.68 bits per heavy atom. The highest BCUT2D eigenvalue weighted by atomic mass is 32.2. The summed E-state index contributed by atoms with van der Waals surface area (Å²) in [6, 6.07) is 13.8. The molecule has 25 heavy (non-hydrogen) atoms. The number of nitrogens with zero attached hydrogens (tertiary/aromatic N) is 2. The molecule has 2 aromatic heterocycles. The Hall–Kier alpha value is -2.77. The number of pyridine rings is 2. The summed E-state index contributed by atoms with van der Waals surface area (Å²) in [5.41, 5.74) is 2.41. The van der Waals surface area contributed by atoms with Crippen LogP contribution in [0.15, 0.2) is 72.0 Å². The van der Waals surface area contributed by atoms with Crippen LogP contribution in [0.25, 0.3) is 11.3 Å². The summed E-state index contributed by atoms with van der Waals surface area (Å²) >= 11 is 0. The van der Waals surface area contributed by atoms with Gasteiger partial charge in [-0.1, -0.05) is 12.1 Å². The average molecular weight is 355 g/mol. The standard InChI is InChI=1S/C18H17N3O3S/c1-24-17-6-2-3-7-18(17)25(22,23)21-12-14-8-10-20-16(11-14)15-5-4-9-19-13-15/h2-11,13,21H,12H2,1H3. The van der Waals surface area contributed by atoms with Gasteiger partial charge in [0.05, 0.1) is 12.8 Å². The lowest BCUT2D eigenvalue weighted by molar-refractivity contribution is 0.402. The van der Waals surface area contributed by atoms with E-state index in [2.05, 4.69) is 14.7 Å². The Bertz CT molecular complexity index is 960. The molecule has 0 saturated carbocycles. The third kappa shape index (κ3) is 4.01. The molecule has 0 aliphatic carbocycles. The molecule has 6 nitrogen and oxygen atoms in total. The fraction of sp³-hybridized carbons (Fsp3) is 0.111. The summed E-state index contributed by atoms with van der Waals surface area (Å²) in [6.07, 6.45) is 5.05. The number of para-hydroxylation sites is 1. The molecule has 0 radical (unpaired) electrons. The Labute approximate surface area is 146 Å². The first-order chi connectivity index (χ1) is 12.1. The smallest absolute Gasteiger partial charge is 0.244 e. The minimum Gasteiger partial charge on any atom is -0.495 e. The van der Waals surface area contributed by atoms with E-state index in [0.717, 1.165) is 16.8 Å². The largest absolute Gasteiger partial charge is 0.495 e. The maximum atomic E-state index is 12.5. The molecule has 3 aromatic rings. The predicted octanol–water partition coefficient (Wildman–Crippen LogP) is 2.63. The minimum atomic E-state index is -3.69. The summed E-state index contributed by atoms with van der Waals surface area (Å²) in [5.74, 6) is 0.306. The second-order valence-corrected chi connectivity index (χ2v) is 7.00. The lowest BCUT2D eigenvalue weighted by atomic mass is 10.1. The van der Waals surface area contributed by atoms with Crippen molar-refractivity contribution in [2.45, 2.75) is 11.4 Å². The van der Waals surface area contributed by atoms with Gasteiger partial charge in [0.25, 0.3) is 0 Å². The van der Waals surface area contributed by atoms with E-state index >= 15 is 0 Å². The first-order valence-electron chi connectivity index (χ1n) is 7.58. The maximum Gasteiger partial charge on any atom is 0.244 e. The summed E-state index contributed by atoms with van der Waals surface area (Å²) in [6.45, 7) is 0.149. The van der Waals surface area contributed by atoms with Gasteiger partial charge < -0.3 is 4.74 Å². The molecule has 7 heteroatoms. The van der Waals surface area contributed by atoms with Gasteiger partial charge in [-0.3, -0.25) is 9.97 Å². The molecule has 2 heterocycles. The predicted molar refractivity (Wildman–Crippen MR) is 94.5 cm³/mol. The first-order valence-corrected chi connectivity index (χ1v) is 9.06. The van der Waals surface area contributed by atoms with Gasteiger partial charge in [0.15, 0.2) is 0 Å². The quantitative estimate of drug-likeness (QED) is 0.735. The zero-order valence-electron chi connectivity index (χ0n) is 13.6. The number of sulfonamides is 1. The number of benzene rings is 1. The van der Waals surface area contributed by atoms with Gasteiger partial charge in [-0.05, 0) is 42.0 Å². The normalized spacial score (nSPS) is 11.2. The summed E-state index contributed by atoms with van der Waals surface area (Å²) < 4.78 is 32.8. The van der Waals surface area contributed by atoms with Gasteiger partial charge >= 0.3 is 0 Å². The van der Waals surface area contributed by atoms with Crippen LogP contribution < -0.4 is 9.46 Å². The maximum absolute atomic E-state index is 12.5. The van der Waals surface area contributed by atoms with E-state index in [-0.39, 0.29) is 11.4 Å². The van der Waals surface area contributed by atoms with Crippen molar-refractivity contribution in [1.29, 1.82) is 0 Å². The Balaban J connectivity index is 1.80. The molecule has 0 fully saturated rings. The van der Waals surface area contributed by atoms with E-state index in [9.17, 15) is 8.42 Å². The van der Waals surface area contributed by atoms with Gasteiger partial charge in [0, 0.05) is 30.7 Å². The molecule has 0 amide bonds. The first kappa shape index (κ1) is 17.1. The lowest BCUT2D eigenvalue weighted by Crippen LogP contribution is -2.23. The van der Waals surface area contributed by atoms with E-state index in [1.807, 2.05) is 18.2 Å². The number of nitrogens with one attached hydrogen (secondary N) is 1. The second-order valence-electron chi connectivity index (χ2n) is 5.27. The lowest BCUT2D eigenvalue weighted by Gasteiger charge is -2.11. The van der Waals surface area contributed by atoms with Crippen LogP contribution in [0.1, 0.15) is 5.56 Å². The van der Waals surface area contributed by atoms with E-state index in [1.165, 1.54) is 13.2 Å². The third-order valence-corrected chi connectivity index (χ3v) is 5.05. The molecule has 0 spiro atoms. The summed E-state index contributed by atoms with van der Waals surface area (Å²) in [5, 5.41) is 0. The molecule has 0 unspecified atom stereocenters. The molecule has 0 aliphatic rings. The molecular weight excluding hydrogens is 338 g/mol. The summed E-state index contributed by atoms with van der Waals surface area (Å²) in [4.78, 5) is 8.48. The van der Waals surface area contributed by atoms with Crippen molar-refractivity contribution in [3.8, 4) is 17.0 Å². The Kier molecular flexibility index (Phi) is 5.06. The SMILES string of the molecule is COc1ccccc1S(=O)(=O)NCc1ccnc(-c2cccnc2)c1. The van der Waals surface area contributed by atoms with Crippen molar-refractivity contribution >= 4 is 10.0 Å². The third-order valence-electron chi connectivity index (χ3n) is 3.61. The molecule has 1 N–H and O–H groups in total. The van der Waals surface area contributed by atoms with Crippen LogP contribution in [-0.4, -0.2) is 25.5 Å². The van der Waals surface area contributed by atoms with E-state index in [4.69, 9.17) is 4.74 Å². The molecule has 3 rings (SSSR count). The van der Waals surface area contributed by atoms with Gasteiger partial charge in [-0.15, -0.1) is 0 Å². The van der Waals surface area contributed by atoms with Crippen molar-refractivity contribution in [3.05, 3.63) is 72.7 Å². The van der Waals surface area contributed by atoms with Crippen molar-refractivity contribution < 1.29 is 13.2 Å². The number of hydrogen-bond donors (Lipinski definition) is 1. The zero-order valence-corrected chi connectivity index (χ0v) is 14.4. The number of methoxy groups -OCH3 is 1. The van der Waals surface area contributed by atoms with Crippen molar-refractivity contribution in [1.82, 2.24) is 14.7 Å². The van der Waals surface area contributed by atoms with Crippen molar-refractivity contribution in [2.24, 2.45) is 0 Å². The van der Waals surface area contributed by atoms with E-state index < -0.39 is 10.0 Å². The van der Waals surface area contributed by atoms with Crippen LogP contribution >= 0.6 is 0 Å². The number of aromatic nitrogens is 2. The molecular formula is C18H17N3O3S. The van der Waals surface area contributed by atoms with Crippen LogP contribution in [0.5, 0.6) is 5.75 Å². The van der Waals surface area contributed by atoms with Gasteiger partial charge in [0.2, 0.25) is 10.0 Å². The molecule has 0 aliphatic heterocycles. The number of ether oxygens (including phenoxy) is 1. The molecule has 0 bridgehead atoms. The van der Waals surface area contributed by atoms with Crippen molar-refractivity contribution in [2.75, 3.05) is 7.11 Å². The Morgan fingerprint density at radius 1 is 1.08 bits per heavy atom. The van der Waals surface area contributed by atoms with Crippen LogP contribution in [-0.2, 0) is 16.6 Å². The number of rotatable bonds is 6. The van der Waals surface area contributed by atoms with Crippen LogP contribution in [0, 0.1) is 0 Å². The van der Waals surface area contributed by atoms with Crippen LogP contribution in [0.3, 0.4) is 0 Å². The second kappa shape index (κ2) is 7.42. The molecule has 0 atom stereocenters. The summed E-state index contributed by atoms with van der Waals surface area (Å²) in [7, 11) is -2.24. The Morgan fingerprint density at radius 2 is 1.92 bits per heavy atom. The van der Waals surface area contributed by atoms with E-state index in [0.29, 0.717) is 5.75 Å². The van der Waals surface area contributed by atoms with Crippen LogP contribution in [0.4, 0.5) is 0 Å². The fourth-order valence-corrected chi connectivity index (χ4v) is 3.54. The molecule has 128 valence electrons. The van der Waals surface area contributed by atoms with Crippen molar-refractivity contribution in [3.63, 3.8) is 0 Å².